The van der Waals surface area contributed by atoms with Crippen LogP contribution in [0.15, 0.2) is 12.1 Å². The zero-order chi connectivity index (χ0) is 12.5. The molecule has 1 aromatic heterocycles. The van der Waals surface area contributed by atoms with Gasteiger partial charge >= 0.3 is 0 Å². The third kappa shape index (κ3) is 3.23. The summed E-state index contributed by atoms with van der Waals surface area (Å²) >= 11 is 7.57. The summed E-state index contributed by atoms with van der Waals surface area (Å²) in [4.78, 5) is 12.8. The van der Waals surface area contributed by atoms with Gasteiger partial charge in [-0.05, 0) is 30.9 Å². The second-order valence-corrected chi connectivity index (χ2v) is 7.11. The molecule has 0 bridgehead atoms. The first-order valence-electron chi connectivity index (χ1n) is 6.04. The van der Waals surface area contributed by atoms with E-state index in [9.17, 15) is 4.79 Å². The number of carbonyl (C=O) groups excluding carboxylic acids is 1. The van der Waals surface area contributed by atoms with Crippen molar-refractivity contribution in [3.05, 3.63) is 21.3 Å². The molecule has 0 spiro atoms. The summed E-state index contributed by atoms with van der Waals surface area (Å²) in [6.45, 7) is 4.40. The second kappa shape index (κ2) is 4.99. The summed E-state index contributed by atoms with van der Waals surface area (Å²) in [5, 5.41) is 3.18. The number of amides is 1. The molecule has 2 heterocycles. The Morgan fingerprint density at radius 3 is 2.76 bits per heavy atom. The van der Waals surface area contributed by atoms with Crippen LogP contribution in [-0.4, -0.2) is 11.4 Å². The summed E-state index contributed by atoms with van der Waals surface area (Å²) < 4.78 is 0.823. The van der Waals surface area contributed by atoms with E-state index in [-0.39, 0.29) is 11.4 Å². The first-order chi connectivity index (χ1) is 7.99. The van der Waals surface area contributed by atoms with Gasteiger partial charge in [-0.1, -0.05) is 25.4 Å². The summed E-state index contributed by atoms with van der Waals surface area (Å²) in [6, 6.07) is 4.00. The number of nitrogens with one attached hydrogen (secondary N) is 1. The van der Waals surface area contributed by atoms with Gasteiger partial charge in [-0.3, -0.25) is 4.79 Å². The third-order valence-electron chi connectivity index (χ3n) is 3.18. The molecule has 0 radical (unpaired) electrons. The Kier molecular flexibility index (Phi) is 3.79. The van der Waals surface area contributed by atoms with Gasteiger partial charge in [0.25, 0.3) is 0 Å². The van der Waals surface area contributed by atoms with E-state index in [2.05, 4.69) is 25.2 Å². The molecule has 2 rings (SSSR count). The Balaban J connectivity index is 2.13. The van der Waals surface area contributed by atoms with Crippen LogP contribution in [0.25, 0.3) is 0 Å². The highest BCUT2D eigenvalue weighted by Crippen LogP contribution is 2.34. The molecule has 4 heteroatoms. The molecule has 1 unspecified atom stereocenters. The fourth-order valence-corrected chi connectivity index (χ4v) is 3.92. The highest BCUT2D eigenvalue weighted by atomic mass is 35.5. The summed E-state index contributed by atoms with van der Waals surface area (Å²) in [5.41, 5.74) is -0.0422. The van der Waals surface area contributed by atoms with Crippen LogP contribution in [0.1, 0.15) is 38.0 Å². The molecule has 1 aliphatic heterocycles. The predicted octanol–water partition coefficient (Wildman–Crippen LogP) is 3.64. The van der Waals surface area contributed by atoms with Gasteiger partial charge in [-0.15, -0.1) is 11.3 Å². The van der Waals surface area contributed by atoms with Crippen LogP contribution in [-0.2, 0) is 11.2 Å². The minimum absolute atomic E-state index is 0.0422. The maximum atomic E-state index is 11.5. The highest BCUT2D eigenvalue weighted by Gasteiger charge is 2.38. The van der Waals surface area contributed by atoms with Gasteiger partial charge in [0.15, 0.2) is 0 Å². The van der Waals surface area contributed by atoms with Crippen LogP contribution in [0.4, 0.5) is 0 Å². The standard InChI is InChI=1S/C13H18ClNOS/c1-9(2)7-13(6-5-12(16)15-13)8-10-3-4-11(14)17-10/h3-4,9H,5-8H2,1-2H3,(H,15,16). The molecule has 0 saturated carbocycles. The molecule has 0 aromatic carbocycles. The molecule has 94 valence electrons. The average Bonchev–Trinajstić information content (AvgIpc) is 2.74. The van der Waals surface area contributed by atoms with Crippen molar-refractivity contribution in [1.82, 2.24) is 5.32 Å². The zero-order valence-electron chi connectivity index (χ0n) is 10.3. The van der Waals surface area contributed by atoms with E-state index in [0.29, 0.717) is 12.3 Å². The fraction of sp³-hybridized carbons (Fsp3) is 0.615. The lowest BCUT2D eigenvalue weighted by molar-refractivity contribution is -0.119. The molecule has 1 fully saturated rings. The lowest BCUT2D eigenvalue weighted by Gasteiger charge is -2.30. The Hall–Kier alpha value is -0.540. The Labute approximate surface area is 111 Å². The minimum Gasteiger partial charge on any atom is -0.350 e. The quantitative estimate of drug-likeness (QED) is 0.890. The van der Waals surface area contributed by atoms with Crippen molar-refractivity contribution in [1.29, 1.82) is 0 Å². The van der Waals surface area contributed by atoms with Crippen LogP contribution < -0.4 is 5.32 Å². The van der Waals surface area contributed by atoms with Crippen molar-refractivity contribution < 1.29 is 4.79 Å². The van der Waals surface area contributed by atoms with Gasteiger partial charge in [0.2, 0.25) is 5.91 Å². The smallest absolute Gasteiger partial charge is 0.220 e. The first kappa shape index (κ1) is 12.9. The molecule has 1 atom stereocenters. The number of hydrogen-bond acceptors (Lipinski definition) is 2. The van der Waals surface area contributed by atoms with Gasteiger partial charge in [-0.25, -0.2) is 0 Å². The predicted molar refractivity (Wildman–Crippen MR) is 72.6 cm³/mol. The Morgan fingerprint density at radius 2 is 2.29 bits per heavy atom. The van der Waals surface area contributed by atoms with Gasteiger partial charge in [0, 0.05) is 23.3 Å². The number of hydrogen-bond donors (Lipinski definition) is 1. The van der Waals surface area contributed by atoms with Crippen molar-refractivity contribution in [2.75, 3.05) is 0 Å². The largest absolute Gasteiger partial charge is 0.350 e. The fourth-order valence-electron chi connectivity index (χ4n) is 2.69. The lowest BCUT2D eigenvalue weighted by Crippen LogP contribution is -2.44. The van der Waals surface area contributed by atoms with Crippen LogP contribution in [0.3, 0.4) is 0 Å². The minimum atomic E-state index is -0.0422. The molecule has 1 aromatic rings. The van der Waals surface area contributed by atoms with Gasteiger partial charge in [0.05, 0.1) is 4.34 Å². The van der Waals surface area contributed by atoms with E-state index in [1.54, 1.807) is 11.3 Å². The van der Waals surface area contributed by atoms with Crippen molar-refractivity contribution in [3.8, 4) is 0 Å². The molecule has 17 heavy (non-hydrogen) atoms. The third-order valence-corrected chi connectivity index (χ3v) is 4.41. The number of carbonyl (C=O) groups is 1. The van der Waals surface area contributed by atoms with Gasteiger partial charge < -0.3 is 5.32 Å². The number of halogens is 1. The molecular weight excluding hydrogens is 254 g/mol. The maximum Gasteiger partial charge on any atom is 0.220 e. The van der Waals surface area contributed by atoms with Crippen LogP contribution in [0, 0.1) is 5.92 Å². The Bertz CT molecular complexity index is 415. The van der Waals surface area contributed by atoms with E-state index in [1.807, 2.05) is 6.07 Å². The van der Waals surface area contributed by atoms with E-state index < -0.39 is 0 Å². The number of thiophene rings is 1. The first-order valence-corrected chi connectivity index (χ1v) is 7.24. The molecule has 1 amide bonds. The van der Waals surface area contributed by atoms with Gasteiger partial charge in [0.1, 0.15) is 0 Å². The van der Waals surface area contributed by atoms with Crippen molar-refractivity contribution in [2.24, 2.45) is 5.92 Å². The van der Waals surface area contributed by atoms with E-state index in [1.165, 1.54) is 4.88 Å². The van der Waals surface area contributed by atoms with Crippen LogP contribution in [0.2, 0.25) is 4.34 Å². The van der Waals surface area contributed by atoms with Crippen molar-refractivity contribution >= 4 is 28.8 Å². The van der Waals surface area contributed by atoms with E-state index in [0.717, 1.165) is 23.6 Å². The zero-order valence-corrected chi connectivity index (χ0v) is 11.8. The Morgan fingerprint density at radius 1 is 1.53 bits per heavy atom. The maximum absolute atomic E-state index is 11.5. The summed E-state index contributed by atoms with van der Waals surface area (Å²) in [5.74, 6) is 0.775. The molecule has 0 aliphatic carbocycles. The van der Waals surface area contributed by atoms with Crippen LogP contribution in [0.5, 0.6) is 0 Å². The molecule has 1 saturated heterocycles. The SMILES string of the molecule is CC(C)CC1(Cc2ccc(Cl)s2)CCC(=O)N1. The lowest BCUT2D eigenvalue weighted by atomic mass is 9.84. The molecular formula is C13H18ClNOS. The monoisotopic (exact) mass is 271 g/mol. The van der Waals surface area contributed by atoms with E-state index in [4.69, 9.17) is 11.6 Å². The van der Waals surface area contributed by atoms with Crippen molar-refractivity contribution in [3.63, 3.8) is 0 Å². The van der Waals surface area contributed by atoms with Crippen LogP contribution >= 0.6 is 22.9 Å². The molecule has 1 aliphatic rings. The summed E-state index contributed by atoms with van der Waals surface area (Å²) in [7, 11) is 0. The average molecular weight is 272 g/mol. The topological polar surface area (TPSA) is 29.1 Å². The molecule has 2 nitrogen and oxygen atoms in total. The molecule has 1 N–H and O–H groups in total. The highest BCUT2D eigenvalue weighted by molar-refractivity contribution is 7.16. The van der Waals surface area contributed by atoms with Crippen molar-refractivity contribution in [2.45, 2.75) is 45.1 Å². The van der Waals surface area contributed by atoms with E-state index >= 15 is 0 Å². The normalized spacial score (nSPS) is 24.4. The number of rotatable bonds is 4. The van der Waals surface area contributed by atoms with Gasteiger partial charge in [-0.2, -0.15) is 0 Å². The second-order valence-electron chi connectivity index (χ2n) is 5.31. The summed E-state index contributed by atoms with van der Waals surface area (Å²) in [6.07, 6.45) is 3.55.